The van der Waals surface area contributed by atoms with Crippen LogP contribution in [0, 0.1) is 0 Å². The van der Waals surface area contributed by atoms with E-state index in [2.05, 4.69) is 14.7 Å². The zero-order chi connectivity index (χ0) is 20.0. The molecule has 0 aliphatic carbocycles. The summed E-state index contributed by atoms with van der Waals surface area (Å²) >= 11 is 0. The van der Waals surface area contributed by atoms with E-state index in [0.717, 1.165) is 0 Å². The summed E-state index contributed by atoms with van der Waals surface area (Å²) in [6.07, 6.45) is 0. The number of sulfonamides is 1. The summed E-state index contributed by atoms with van der Waals surface area (Å²) in [6.45, 7) is 0. The fourth-order valence-electron chi connectivity index (χ4n) is 3.24. The Labute approximate surface area is 165 Å². The maximum atomic E-state index is 12.8. The number of oxazole rings is 1. The molecule has 144 valence electrons. The lowest BCUT2D eigenvalue weighted by Crippen LogP contribution is -2.12. The summed E-state index contributed by atoms with van der Waals surface area (Å²) in [7, 11) is -3.82. The largest absolute Gasteiger partial charge is 0.494 e. The Morgan fingerprint density at radius 2 is 1.72 bits per heavy atom. The van der Waals surface area contributed by atoms with Crippen LogP contribution in [0.1, 0.15) is 0 Å². The lowest BCUT2D eigenvalue weighted by Gasteiger charge is -2.08. The molecule has 0 aliphatic rings. The summed E-state index contributed by atoms with van der Waals surface area (Å²) < 4.78 is 33.9. The quantitative estimate of drug-likeness (QED) is 0.408. The van der Waals surface area contributed by atoms with Crippen LogP contribution in [0.5, 0.6) is 5.88 Å². The normalized spacial score (nSPS) is 11.9. The first-order valence-corrected chi connectivity index (χ1v) is 10.3. The standard InChI is InChI=1S/C21H15N3O4S/c25-20-19(21-23-17-8-4-5-9-18(17)28-21)15-12-14(10-11-16(15)22-20)29(26,27)24-13-6-2-1-3-7-13/h1-12,22,24-25H. The van der Waals surface area contributed by atoms with Gasteiger partial charge in [0.05, 0.1) is 4.90 Å². The third-order valence-electron chi connectivity index (χ3n) is 4.59. The van der Waals surface area contributed by atoms with Crippen LogP contribution in [0.3, 0.4) is 0 Å². The number of hydrogen-bond donors (Lipinski definition) is 3. The number of aromatic hydroxyl groups is 1. The third kappa shape index (κ3) is 2.99. The van der Waals surface area contributed by atoms with Crippen LogP contribution in [-0.4, -0.2) is 23.5 Å². The van der Waals surface area contributed by atoms with E-state index in [0.29, 0.717) is 33.3 Å². The molecule has 0 atom stereocenters. The molecule has 0 amide bonds. The first kappa shape index (κ1) is 17.3. The third-order valence-corrected chi connectivity index (χ3v) is 5.97. The van der Waals surface area contributed by atoms with Crippen LogP contribution in [0.15, 0.2) is 82.1 Å². The number of anilines is 1. The van der Waals surface area contributed by atoms with Crippen LogP contribution >= 0.6 is 0 Å². The van der Waals surface area contributed by atoms with Crippen molar-refractivity contribution in [1.82, 2.24) is 9.97 Å². The van der Waals surface area contributed by atoms with E-state index < -0.39 is 10.0 Å². The zero-order valence-corrected chi connectivity index (χ0v) is 15.8. The predicted molar refractivity (Wildman–Crippen MR) is 110 cm³/mol. The van der Waals surface area contributed by atoms with Crippen LogP contribution in [0.25, 0.3) is 33.5 Å². The number of H-pyrrole nitrogens is 1. The minimum atomic E-state index is -3.82. The predicted octanol–water partition coefficient (Wildman–Crippen LogP) is 4.48. The average molecular weight is 405 g/mol. The van der Waals surface area contributed by atoms with Gasteiger partial charge in [0.1, 0.15) is 11.1 Å². The summed E-state index contributed by atoms with van der Waals surface area (Å²) in [4.78, 5) is 7.31. The first-order valence-electron chi connectivity index (χ1n) is 8.80. The molecule has 0 saturated carbocycles. The zero-order valence-electron chi connectivity index (χ0n) is 15.0. The minimum Gasteiger partial charge on any atom is -0.494 e. The SMILES string of the molecule is O=S(=O)(Nc1ccccc1)c1ccc2[nH]c(O)c(-c3nc4ccccc4o3)c2c1. The lowest BCUT2D eigenvalue weighted by molar-refractivity contribution is 0.457. The maximum Gasteiger partial charge on any atom is 0.261 e. The van der Waals surface area contributed by atoms with Gasteiger partial charge in [-0.2, -0.15) is 0 Å². The lowest BCUT2D eigenvalue weighted by atomic mass is 10.1. The van der Waals surface area contributed by atoms with Crippen LogP contribution in [0.4, 0.5) is 5.69 Å². The summed E-state index contributed by atoms with van der Waals surface area (Å²) in [6, 6.07) is 20.4. The molecule has 7 nitrogen and oxygen atoms in total. The van der Waals surface area contributed by atoms with Gasteiger partial charge in [-0.05, 0) is 42.5 Å². The summed E-state index contributed by atoms with van der Waals surface area (Å²) in [5.74, 6) is 0.0673. The second-order valence-electron chi connectivity index (χ2n) is 6.51. The molecule has 3 aromatic carbocycles. The van der Waals surface area contributed by atoms with Crippen molar-refractivity contribution in [2.75, 3.05) is 4.72 Å². The highest BCUT2D eigenvalue weighted by Crippen LogP contribution is 2.38. The number of aromatic amines is 1. The minimum absolute atomic E-state index is 0.0604. The van der Waals surface area contributed by atoms with Crippen molar-refractivity contribution in [3.63, 3.8) is 0 Å². The van der Waals surface area contributed by atoms with E-state index >= 15 is 0 Å². The molecule has 0 fully saturated rings. The van der Waals surface area contributed by atoms with Gasteiger partial charge in [0.25, 0.3) is 10.0 Å². The van der Waals surface area contributed by atoms with E-state index in [1.807, 2.05) is 12.1 Å². The van der Waals surface area contributed by atoms with Crippen LogP contribution < -0.4 is 4.72 Å². The number of hydrogen-bond acceptors (Lipinski definition) is 5. The Kier molecular flexibility index (Phi) is 3.82. The van der Waals surface area contributed by atoms with Crippen molar-refractivity contribution in [2.45, 2.75) is 4.90 Å². The van der Waals surface area contributed by atoms with Gasteiger partial charge >= 0.3 is 0 Å². The number of para-hydroxylation sites is 3. The van der Waals surface area contributed by atoms with E-state index in [-0.39, 0.29) is 16.7 Å². The van der Waals surface area contributed by atoms with E-state index in [9.17, 15) is 13.5 Å². The number of nitrogens with one attached hydrogen (secondary N) is 2. The molecular weight excluding hydrogens is 390 g/mol. The van der Waals surface area contributed by atoms with Crippen molar-refractivity contribution >= 4 is 37.7 Å². The Bertz CT molecular complexity index is 1420. The molecule has 8 heteroatoms. The maximum absolute atomic E-state index is 12.8. The molecule has 0 saturated heterocycles. The van der Waals surface area contributed by atoms with Gasteiger partial charge in [-0.1, -0.05) is 30.3 Å². The monoisotopic (exact) mass is 405 g/mol. The number of fused-ring (bicyclic) bond motifs is 2. The highest BCUT2D eigenvalue weighted by Gasteiger charge is 2.22. The molecular formula is C21H15N3O4S. The van der Waals surface area contributed by atoms with Gasteiger partial charge in [0.2, 0.25) is 11.8 Å². The molecule has 5 aromatic rings. The van der Waals surface area contributed by atoms with Crippen molar-refractivity contribution in [1.29, 1.82) is 0 Å². The number of nitrogens with zero attached hydrogens (tertiary/aromatic N) is 1. The molecule has 3 N–H and O–H groups in total. The van der Waals surface area contributed by atoms with Crippen LogP contribution in [-0.2, 0) is 10.0 Å². The Morgan fingerprint density at radius 1 is 0.966 bits per heavy atom. The molecule has 5 rings (SSSR count). The molecule has 0 bridgehead atoms. The van der Waals surface area contributed by atoms with E-state index in [1.165, 1.54) is 12.1 Å². The Hall–Kier alpha value is -3.78. The van der Waals surface area contributed by atoms with Gasteiger partial charge in [-0.3, -0.25) is 4.72 Å². The fraction of sp³-hybridized carbons (Fsp3) is 0. The van der Waals surface area contributed by atoms with Crippen molar-refractivity contribution in [2.24, 2.45) is 0 Å². The second kappa shape index (κ2) is 6.39. The summed E-state index contributed by atoms with van der Waals surface area (Å²) in [5.41, 5.74) is 2.56. The van der Waals surface area contributed by atoms with Gasteiger partial charge in [-0.25, -0.2) is 13.4 Å². The Morgan fingerprint density at radius 3 is 2.52 bits per heavy atom. The van der Waals surface area contributed by atoms with Gasteiger partial charge < -0.3 is 14.5 Å². The van der Waals surface area contributed by atoms with Crippen molar-refractivity contribution in [3.05, 3.63) is 72.8 Å². The topological polar surface area (TPSA) is 108 Å². The van der Waals surface area contributed by atoms with Crippen molar-refractivity contribution in [3.8, 4) is 17.3 Å². The highest BCUT2D eigenvalue weighted by molar-refractivity contribution is 7.92. The average Bonchev–Trinajstić information content (AvgIpc) is 3.27. The highest BCUT2D eigenvalue weighted by atomic mass is 32.2. The smallest absolute Gasteiger partial charge is 0.261 e. The molecule has 0 aliphatic heterocycles. The van der Waals surface area contributed by atoms with Gasteiger partial charge in [0.15, 0.2) is 5.58 Å². The first-order chi connectivity index (χ1) is 14.0. The molecule has 29 heavy (non-hydrogen) atoms. The fourth-order valence-corrected chi connectivity index (χ4v) is 4.32. The van der Waals surface area contributed by atoms with E-state index in [4.69, 9.17) is 4.42 Å². The molecule has 0 radical (unpaired) electrons. The molecule has 0 unspecified atom stereocenters. The Balaban J connectivity index is 1.64. The van der Waals surface area contributed by atoms with Crippen molar-refractivity contribution < 1.29 is 17.9 Å². The second-order valence-corrected chi connectivity index (χ2v) is 8.20. The number of benzene rings is 3. The molecule has 2 heterocycles. The van der Waals surface area contributed by atoms with Gasteiger partial charge in [0, 0.05) is 16.6 Å². The van der Waals surface area contributed by atoms with E-state index in [1.54, 1.807) is 48.5 Å². The van der Waals surface area contributed by atoms with Gasteiger partial charge in [-0.15, -0.1) is 0 Å². The summed E-state index contributed by atoms with van der Waals surface area (Å²) in [5, 5.41) is 10.9. The number of rotatable bonds is 4. The molecule has 0 spiro atoms. The molecule has 2 aromatic heterocycles. The number of aromatic nitrogens is 2. The van der Waals surface area contributed by atoms with Crippen LogP contribution in [0.2, 0.25) is 0 Å².